The van der Waals surface area contributed by atoms with Crippen molar-refractivity contribution in [3.05, 3.63) is 16.1 Å². The van der Waals surface area contributed by atoms with Gasteiger partial charge in [-0.05, 0) is 25.7 Å². The molecule has 4 nitrogen and oxygen atoms in total. The number of nitrogens with one attached hydrogen (secondary N) is 1. The molecule has 1 fully saturated rings. The van der Waals surface area contributed by atoms with Crippen molar-refractivity contribution in [2.24, 2.45) is 10.9 Å². The fourth-order valence-corrected chi connectivity index (χ4v) is 3.03. The van der Waals surface area contributed by atoms with Crippen LogP contribution in [0.1, 0.15) is 36.9 Å². The molecule has 1 aromatic heterocycles. The third-order valence-corrected chi connectivity index (χ3v) is 4.36. The van der Waals surface area contributed by atoms with Crippen LogP contribution in [0.25, 0.3) is 0 Å². The van der Waals surface area contributed by atoms with Gasteiger partial charge in [-0.3, -0.25) is 4.99 Å². The van der Waals surface area contributed by atoms with Crippen molar-refractivity contribution in [3.8, 4) is 0 Å². The molecule has 2 unspecified atom stereocenters. The van der Waals surface area contributed by atoms with Crippen molar-refractivity contribution >= 4 is 17.3 Å². The Hall–Kier alpha value is -1.10. The standard InChI is InChI=1S/C14H24N4S/c1-5-6-11-7-13(11)17-14(15-3)18(4)8-12-9-19-10(2)16-12/h9,11,13H,5-8H2,1-4H3,(H,15,17). The highest BCUT2D eigenvalue weighted by Crippen LogP contribution is 2.34. The van der Waals surface area contributed by atoms with Crippen molar-refractivity contribution in [2.75, 3.05) is 14.1 Å². The van der Waals surface area contributed by atoms with Gasteiger partial charge >= 0.3 is 0 Å². The van der Waals surface area contributed by atoms with E-state index in [0.717, 1.165) is 29.1 Å². The summed E-state index contributed by atoms with van der Waals surface area (Å²) in [7, 11) is 3.92. The molecule has 0 spiro atoms. The van der Waals surface area contributed by atoms with E-state index >= 15 is 0 Å². The molecule has 2 rings (SSSR count). The second-order valence-electron chi connectivity index (χ2n) is 5.30. The Morgan fingerprint density at radius 1 is 1.63 bits per heavy atom. The van der Waals surface area contributed by atoms with Crippen molar-refractivity contribution in [2.45, 2.75) is 45.7 Å². The van der Waals surface area contributed by atoms with E-state index in [1.807, 2.05) is 14.0 Å². The largest absolute Gasteiger partial charge is 0.353 e. The SMILES string of the molecule is CCCC1CC1NC(=NC)N(C)Cc1csc(C)n1. The maximum Gasteiger partial charge on any atom is 0.193 e. The first-order valence-corrected chi connectivity index (χ1v) is 7.87. The van der Waals surface area contributed by atoms with Gasteiger partial charge in [0.25, 0.3) is 0 Å². The fourth-order valence-electron chi connectivity index (χ4n) is 2.42. The summed E-state index contributed by atoms with van der Waals surface area (Å²) in [6.07, 6.45) is 3.88. The summed E-state index contributed by atoms with van der Waals surface area (Å²) >= 11 is 1.70. The van der Waals surface area contributed by atoms with E-state index in [-0.39, 0.29) is 0 Å². The molecular formula is C14H24N4S. The predicted octanol–water partition coefficient (Wildman–Crippen LogP) is 2.65. The average Bonchev–Trinajstić information content (AvgIpc) is 2.98. The lowest BCUT2D eigenvalue weighted by Crippen LogP contribution is -2.40. The zero-order valence-electron chi connectivity index (χ0n) is 12.3. The Bertz CT molecular complexity index is 440. The Balaban J connectivity index is 1.84. The van der Waals surface area contributed by atoms with Crippen LogP contribution in [0.15, 0.2) is 10.4 Å². The zero-order valence-corrected chi connectivity index (χ0v) is 13.1. The van der Waals surface area contributed by atoms with Gasteiger partial charge in [-0.2, -0.15) is 0 Å². The molecule has 1 saturated carbocycles. The number of aliphatic imine (C=N–C) groups is 1. The van der Waals surface area contributed by atoms with E-state index < -0.39 is 0 Å². The van der Waals surface area contributed by atoms with Crippen LogP contribution in [0.2, 0.25) is 0 Å². The predicted molar refractivity (Wildman–Crippen MR) is 81.6 cm³/mol. The van der Waals surface area contributed by atoms with Crippen LogP contribution in [0.3, 0.4) is 0 Å². The summed E-state index contributed by atoms with van der Waals surface area (Å²) in [4.78, 5) is 11.0. The molecule has 1 aliphatic rings. The maximum atomic E-state index is 4.50. The van der Waals surface area contributed by atoms with E-state index in [4.69, 9.17) is 0 Å². The highest BCUT2D eigenvalue weighted by atomic mass is 32.1. The third kappa shape index (κ3) is 3.93. The molecule has 1 aliphatic carbocycles. The zero-order chi connectivity index (χ0) is 13.8. The molecular weight excluding hydrogens is 256 g/mol. The first-order valence-electron chi connectivity index (χ1n) is 6.99. The molecule has 19 heavy (non-hydrogen) atoms. The number of hydrogen-bond acceptors (Lipinski definition) is 3. The minimum absolute atomic E-state index is 0.623. The van der Waals surface area contributed by atoms with Crippen LogP contribution in [0, 0.1) is 12.8 Å². The van der Waals surface area contributed by atoms with Crippen molar-refractivity contribution in [3.63, 3.8) is 0 Å². The van der Waals surface area contributed by atoms with Crippen LogP contribution in [0.4, 0.5) is 0 Å². The molecule has 0 bridgehead atoms. The lowest BCUT2D eigenvalue weighted by atomic mass is 10.2. The number of thiazole rings is 1. The molecule has 0 saturated heterocycles. The van der Waals surface area contributed by atoms with Gasteiger partial charge in [0.2, 0.25) is 0 Å². The summed E-state index contributed by atoms with van der Waals surface area (Å²) in [5.41, 5.74) is 1.12. The lowest BCUT2D eigenvalue weighted by Gasteiger charge is -2.21. The van der Waals surface area contributed by atoms with E-state index in [1.54, 1.807) is 11.3 Å². The molecule has 1 N–H and O–H groups in total. The minimum atomic E-state index is 0.623. The summed E-state index contributed by atoms with van der Waals surface area (Å²) in [6, 6.07) is 0.623. The number of guanidine groups is 1. The topological polar surface area (TPSA) is 40.5 Å². The minimum Gasteiger partial charge on any atom is -0.353 e. The summed E-state index contributed by atoms with van der Waals surface area (Å²) in [5.74, 6) is 1.82. The van der Waals surface area contributed by atoms with Gasteiger partial charge < -0.3 is 10.2 Å². The van der Waals surface area contributed by atoms with Crippen molar-refractivity contribution in [1.29, 1.82) is 0 Å². The number of hydrogen-bond donors (Lipinski definition) is 1. The van der Waals surface area contributed by atoms with Gasteiger partial charge in [0.15, 0.2) is 5.96 Å². The molecule has 0 aliphatic heterocycles. The van der Waals surface area contributed by atoms with Crippen LogP contribution in [0.5, 0.6) is 0 Å². The second-order valence-corrected chi connectivity index (χ2v) is 6.36. The first kappa shape index (κ1) is 14.3. The number of aryl methyl sites for hydroxylation is 1. The Labute approximate surface area is 120 Å². The number of aromatic nitrogens is 1. The third-order valence-electron chi connectivity index (χ3n) is 3.54. The van der Waals surface area contributed by atoms with Gasteiger partial charge in [-0.1, -0.05) is 13.3 Å². The quantitative estimate of drug-likeness (QED) is 0.666. The lowest BCUT2D eigenvalue weighted by molar-refractivity contribution is 0.467. The monoisotopic (exact) mass is 280 g/mol. The molecule has 0 amide bonds. The van der Waals surface area contributed by atoms with Gasteiger partial charge in [0.05, 0.1) is 17.2 Å². The second kappa shape index (κ2) is 6.37. The molecule has 1 aromatic rings. The van der Waals surface area contributed by atoms with Crippen molar-refractivity contribution in [1.82, 2.24) is 15.2 Å². The summed E-state index contributed by atoms with van der Waals surface area (Å²) < 4.78 is 0. The normalized spacial score (nSPS) is 22.4. The van der Waals surface area contributed by atoms with Crippen molar-refractivity contribution < 1.29 is 0 Å². The molecule has 0 radical (unpaired) electrons. The molecule has 106 valence electrons. The fraction of sp³-hybridized carbons (Fsp3) is 0.714. The van der Waals surface area contributed by atoms with Gasteiger partial charge in [-0.15, -0.1) is 11.3 Å². The van der Waals surface area contributed by atoms with Gasteiger partial charge in [0, 0.05) is 25.5 Å². The molecule has 0 aromatic carbocycles. The molecule has 2 atom stereocenters. The van der Waals surface area contributed by atoms with E-state index in [1.165, 1.54) is 19.3 Å². The average molecular weight is 280 g/mol. The smallest absolute Gasteiger partial charge is 0.193 e. The summed E-state index contributed by atoms with van der Waals surface area (Å²) in [6.45, 7) is 5.11. The van der Waals surface area contributed by atoms with E-state index in [0.29, 0.717) is 6.04 Å². The highest BCUT2D eigenvalue weighted by molar-refractivity contribution is 7.09. The van der Waals surface area contributed by atoms with E-state index in [2.05, 4.69) is 39.5 Å². The Morgan fingerprint density at radius 3 is 3.00 bits per heavy atom. The maximum absolute atomic E-state index is 4.50. The Morgan fingerprint density at radius 2 is 2.42 bits per heavy atom. The van der Waals surface area contributed by atoms with Crippen LogP contribution >= 0.6 is 11.3 Å². The van der Waals surface area contributed by atoms with Gasteiger partial charge in [0.1, 0.15) is 0 Å². The van der Waals surface area contributed by atoms with Gasteiger partial charge in [-0.25, -0.2) is 4.98 Å². The first-order chi connectivity index (χ1) is 9.13. The number of nitrogens with zero attached hydrogens (tertiary/aromatic N) is 3. The summed E-state index contributed by atoms with van der Waals surface area (Å²) in [5, 5.41) is 6.80. The van der Waals surface area contributed by atoms with Crippen LogP contribution in [-0.4, -0.2) is 36.0 Å². The number of rotatable bonds is 5. The molecule has 5 heteroatoms. The Kier molecular flexibility index (Phi) is 4.80. The van der Waals surface area contributed by atoms with Crippen LogP contribution < -0.4 is 5.32 Å². The van der Waals surface area contributed by atoms with E-state index in [9.17, 15) is 0 Å². The molecule has 1 heterocycles. The van der Waals surface area contributed by atoms with Crippen LogP contribution in [-0.2, 0) is 6.54 Å². The highest BCUT2D eigenvalue weighted by Gasteiger charge is 2.37.